The van der Waals surface area contributed by atoms with Crippen molar-refractivity contribution in [2.24, 2.45) is 0 Å². The zero-order chi connectivity index (χ0) is 12.2. The van der Waals surface area contributed by atoms with Gasteiger partial charge in [0, 0.05) is 30.0 Å². The molecule has 0 spiro atoms. The number of hydrogen-bond donors (Lipinski definition) is 1. The van der Waals surface area contributed by atoms with E-state index in [1.807, 2.05) is 24.5 Å². The van der Waals surface area contributed by atoms with E-state index in [1.54, 1.807) is 0 Å². The molecule has 0 radical (unpaired) electrons. The van der Waals surface area contributed by atoms with Gasteiger partial charge in [-0.2, -0.15) is 0 Å². The quantitative estimate of drug-likeness (QED) is 0.744. The van der Waals surface area contributed by atoms with Crippen molar-refractivity contribution in [1.29, 1.82) is 0 Å². The highest BCUT2D eigenvalue weighted by Crippen LogP contribution is 2.23. The molecular formula is C16H14N2. The fourth-order valence-corrected chi connectivity index (χ4v) is 2.08. The zero-order valence-corrected chi connectivity index (χ0v) is 10.0. The van der Waals surface area contributed by atoms with Crippen LogP contribution in [-0.4, -0.2) is 4.98 Å². The Morgan fingerprint density at radius 3 is 2.50 bits per heavy atom. The molecule has 0 saturated carbocycles. The third-order valence-electron chi connectivity index (χ3n) is 3.02. The smallest absolute Gasteiger partial charge is 0.0422 e. The van der Waals surface area contributed by atoms with E-state index < -0.39 is 0 Å². The average Bonchev–Trinajstić information content (AvgIpc) is 2.46. The molecule has 0 bridgehead atoms. The minimum Gasteiger partial charge on any atom is -0.380 e. The summed E-state index contributed by atoms with van der Waals surface area (Å²) in [5.41, 5.74) is 2.41. The number of rotatable bonds is 3. The predicted molar refractivity (Wildman–Crippen MR) is 75.5 cm³/mol. The maximum atomic E-state index is 4.02. The maximum absolute atomic E-state index is 4.02. The summed E-state index contributed by atoms with van der Waals surface area (Å²) in [6.45, 7) is 0.816. The maximum Gasteiger partial charge on any atom is 0.0422 e. The Morgan fingerprint density at radius 2 is 1.61 bits per heavy atom. The van der Waals surface area contributed by atoms with Crippen LogP contribution in [0.3, 0.4) is 0 Å². The highest BCUT2D eigenvalue weighted by molar-refractivity contribution is 5.93. The van der Waals surface area contributed by atoms with E-state index in [2.05, 4.69) is 52.8 Å². The van der Waals surface area contributed by atoms with E-state index in [-0.39, 0.29) is 0 Å². The molecule has 0 amide bonds. The van der Waals surface area contributed by atoms with Gasteiger partial charge in [-0.3, -0.25) is 4.98 Å². The third kappa shape index (κ3) is 2.18. The number of fused-ring (bicyclic) bond motifs is 1. The molecule has 0 fully saturated rings. The first-order valence-corrected chi connectivity index (χ1v) is 6.04. The van der Waals surface area contributed by atoms with Crippen LogP contribution in [-0.2, 0) is 6.54 Å². The van der Waals surface area contributed by atoms with E-state index in [0.29, 0.717) is 0 Å². The van der Waals surface area contributed by atoms with Crippen molar-refractivity contribution in [3.63, 3.8) is 0 Å². The number of hydrogen-bond acceptors (Lipinski definition) is 2. The summed E-state index contributed by atoms with van der Waals surface area (Å²) in [7, 11) is 0. The van der Waals surface area contributed by atoms with E-state index in [4.69, 9.17) is 0 Å². The van der Waals surface area contributed by atoms with Gasteiger partial charge in [-0.1, -0.05) is 36.4 Å². The first-order valence-electron chi connectivity index (χ1n) is 6.04. The van der Waals surface area contributed by atoms with Crippen molar-refractivity contribution < 1.29 is 0 Å². The summed E-state index contributed by atoms with van der Waals surface area (Å²) in [4.78, 5) is 4.02. The molecule has 2 nitrogen and oxygen atoms in total. The number of benzene rings is 2. The molecule has 88 valence electrons. The molecule has 2 aromatic carbocycles. The van der Waals surface area contributed by atoms with Gasteiger partial charge in [0.05, 0.1) is 0 Å². The molecule has 3 rings (SSSR count). The number of anilines is 1. The van der Waals surface area contributed by atoms with Crippen molar-refractivity contribution in [2.75, 3.05) is 5.32 Å². The number of pyridine rings is 1. The molecular weight excluding hydrogens is 220 g/mol. The topological polar surface area (TPSA) is 24.9 Å². The Hall–Kier alpha value is -2.35. The molecule has 0 unspecified atom stereocenters. The Labute approximate surface area is 106 Å². The van der Waals surface area contributed by atoms with E-state index in [1.165, 1.54) is 22.0 Å². The molecule has 0 aliphatic carbocycles. The van der Waals surface area contributed by atoms with E-state index in [9.17, 15) is 0 Å². The minimum atomic E-state index is 0.816. The number of nitrogens with zero attached hydrogens (tertiary/aromatic N) is 1. The van der Waals surface area contributed by atoms with Crippen molar-refractivity contribution >= 4 is 16.5 Å². The Morgan fingerprint density at radius 1 is 0.833 bits per heavy atom. The number of nitrogens with one attached hydrogen (secondary N) is 1. The Kier molecular flexibility index (Phi) is 2.92. The monoisotopic (exact) mass is 234 g/mol. The lowest BCUT2D eigenvalue weighted by Crippen LogP contribution is -1.99. The lowest BCUT2D eigenvalue weighted by molar-refractivity contribution is 1.13. The second kappa shape index (κ2) is 4.88. The van der Waals surface area contributed by atoms with Crippen LogP contribution in [0.15, 0.2) is 67.0 Å². The van der Waals surface area contributed by atoms with Crippen LogP contribution in [0.2, 0.25) is 0 Å². The molecule has 18 heavy (non-hydrogen) atoms. The van der Waals surface area contributed by atoms with Crippen molar-refractivity contribution in [3.8, 4) is 0 Å². The summed E-state index contributed by atoms with van der Waals surface area (Å²) in [6, 6.07) is 18.8. The second-order valence-corrected chi connectivity index (χ2v) is 4.24. The van der Waals surface area contributed by atoms with Gasteiger partial charge in [-0.25, -0.2) is 0 Å². The number of aromatic nitrogens is 1. The van der Waals surface area contributed by atoms with Gasteiger partial charge < -0.3 is 5.32 Å². The van der Waals surface area contributed by atoms with Gasteiger partial charge in [0.1, 0.15) is 0 Å². The van der Waals surface area contributed by atoms with Gasteiger partial charge in [0.25, 0.3) is 0 Å². The first kappa shape index (κ1) is 10.8. The highest BCUT2D eigenvalue weighted by atomic mass is 14.9. The molecule has 0 aliphatic rings. The summed E-state index contributed by atoms with van der Waals surface area (Å²) in [5, 5.41) is 6.00. The SMILES string of the molecule is c1ccc2c(NCc3ccncc3)cccc2c1. The largest absolute Gasteiger partial charge is 0.380 e. The second-order valence-electron chi connectivity index (χ2n) is 4.24. The molecule has 1 aromatic heterocycles. The van der Waals surface area contributed by atoms with Crippen LogP contribution >= 0.6 is 0 Å². The normalized spacial score (nSPS) is 10.4. The predicted octanol–water partition coefficient (Wildman–Crippen LogP) is 3.85. The summed E-state index contributed by atoms with van der Waals surface area (Å²) >= 11 is 0. The molecule has 3 aromatic rings. The Balaban J connectivity index is 1.87. The first-order chi connectivity index (χ1) is 8.93. The van der Waals surface area contributed by atoms with Gasteiger partial charge in [-0.05, 0) is 29.1 Å². The Bertz CT molecular complexity index is 642. The molecule has 1 N–H and O–H groups in total. The van der Waals surface area contributed by atoms with Crippen molar-refractivity contribution in [1.82, 2.24) is 4.98 Å². The zero-order valence-electron chi connectivity index (χ0n) is 10.0. The van der Waals surface area contributed by atoms with Crippen LogP contribution in [0.5, 0.6) is 0 Å². The van der Waals surface area contributed by atoms with Crippen LogP contribution in [0.1, 0.15) is 5.56 Å². The minimum absolute atomic E-state index is 0.816. The lowest BCUT2D eigenvalue weighted by Gasteiger charge is -2.09. The fourth-order valence-electron chi connectivity index (χ4n) is 2.08. The average molecular weight is 234 g/mol. The fraction of sp³-hybridized carbons (Fsp3) is 0.0625. The van der Waals surface area contributed by atoms with Crippen LogP contribution in [0.25, 0.3) is 10.8 Å². The summed E-state index contributed by atoms with van der Waals surface area (Å²) in [6.07, 6.45) is 3.64. The van der Waals surface area contributed by atoms with E-state index >= 15 is 0 Å². The van der Waals surface area contributed by atoms with Crippen molar-refractivity contribution in [3.05, 3.63) is 72.6 Å². The van der Waals surface area contributed by atoms with Gasteiger partial charge in [0.2, 0.25) is 0 Å². The standard InChI is InChI=1S/C16H14N2/c1-2-6-15-14(4-1)5-3-7-16(15)18-12-13-8-10-17-11-9-13/h1-11,18H,12H2. The molecule has 2 heteroatoms. The molecule has 0 saturated heterocycles. The van der Waals surface area contributed by atoms with Gasteiger partial charge in [-0.15, -0.1) is 0 Å². The van der Waals surface area contributed by atoms with Crippen LogP contribution in [0, 0.1) is 0 Å². The molecule has 0 atom stereocenters. The van der Waals surface area contributed by atoms with Gasteiger partial charge in [0.15, 0.2) is 0 Å². The third-order valence-corrected chi connectivity index (χ3v) is 3.02. The van der Waals surface area contributed by atoms with Crippen LogP contribution in [0.4, 0.5) is 5.69 Å². The van der Waals surface area contributed by atoms with Crippen LogP contribution < -0.4 is 5.32 Å². The summed E-state index contributed by atoms with van der Waals surface area (Å²) in [5.74, 6) is 0. The molecule has 1 heterocycles. The van der Waals surface area contributed by atoms with E-state index in [0.717, 1.165) is 6.54 Å². The lowest BCUT2D eigenvalue weighted by atomic mass is 10.1. The van der Waals surface area contributed by atoms with Crippen molar-refractivity contribution in [2.45, 2.75) is 6.54 Å². The molecule has 0 aliphatic heterocycles. The van der Waals surface area contributed by atoms with Gasteiger partial charge >= 0.3 is 0 Å². The summed E-state index contributed by atoms with van der Waals surface area (Å²) < 4.78 is 0. The highest BCUT2D eigenvalue weighted by Gasteiger charge is 1.99.